The molecule has 5 heteroatoms. The number of aromatic hydroxyl groups is 1. The highest BCUT2D eigenvalue weighted by Crippen LogP contribution is 2.12. The SMILES string of the molecule is N#CCC(=O)N/N=C/c1ccccc1O. The van der Waals surface area contributed by atoms with Gasteiger partial charge in [-0.15, -0.1) is 0 Å². The average Bonchev–Trinajstić information content (AvgIpc) is 2.21. The molecular formula is C10H9N3O2. The molecule has 15 heavy (non-hydrogen) atoms. The zero-order valence-electron chi connectivity index (χ0n) is 7.84. The van der Waals surface area contributed by atoms with E-state index >= 15 is 0 Å². The number of carbonyl (C=O) groups is 1. The van der Waals surface area contributed by atoms with Crippen LogP contribution in [0.2, 0.25) is 0 Å². The van der Waals surface area contributed by atoms with Gasteiger partial charge in [-0.3, -0.25) is 4.79 Å². The van der Waals surface area contributed by atoms with Gasteiger partial charge in [-0.1, -0.05) is 12.1 Å². The van der Waals surface area contributed by atoms with Gasteiger partial charge in [0.15, 0.2) is 0 Å². The summed E-state index contributed by atoms with van der Waals surface area (Å²) < 4.78 is 0. The molecule has 2 N–H and O–H groups in total. The number of phenolic OH excluding ortho intramolecular Hbond substituents is 1. The number of carbonyl (C=O) groups excluding carboxylic acids is 1. The van der Waals surface area contributed by atoms with E-state index in [4.69, 9.17) is 5.26 Å². The van der Waals surface area contributed by atoms with Crippen LogP contribution in [0.15, 0.2) is 29.4 Å². The molecule has 1 rings (SSSR count). The van der Waals surface area contributed by atoms with E-state index in [9.17, 15) is 9.90 Å². The van der Waals surface area contributed by atoms with Crippen LogP contribution in [0.5, 0.6) is 5.75 Å². The fourth-order valence-electron chi connectivity index (χ4n) is 0.882. The van der Waals surface area contributed by atoms with Crippen molar-refractivity contribution in [1.82, 2.24) is 5.43 Å². The van der Waals surface area contributed by atoms with Crippen LogP contribution < -0.4 is 5.43 Å². The average molecular weight is 203 g/mol. The number of rotatable bonds is 3. The summed E-state index contributed by atoms with van der Waals surface area (Å²) in [6.45, 7) is 0. The first kappa shape index (κ1) is 10.7. The molecule has 0 bridgehead atoms. The smallest absolute Gasteiger partial charge is 0.254 e. The molecule has 0 atom stereocenters. The van der Waals surface area contributed by atoms with Gasteiger partial charge in [-0.25, -0.2) is 5.43 Å². The molecule has 0 fully saturated rings. The van der Waals surface area contributed by atoms with Gasteiger partial charge >= 0.3 is 0 Å². The summed E-state index contributed by atoms with van der Waals surface area (Å²) in [7, 11) is 0. The standard InChI is InChI=1S/C10H9N3O2/c11-6-5-10(15)13-12-7-8-3-1-2-4-9(8)14/h1-4,7,14H,5H2,(H,13,15)/b12-7+. The Kier molecular flexibility index (Phi) is 3.86. The molecule has 1 aromatic carbocycles. The van der Waals surface area contributed by atoms with Crippen LogP contribution in [-0.2, 0) is 4.79 Å². The third-order valence-corrected chi connectivity index (χ3v) is 1.57. The fourth-order valence-corrected chi connectivity index (χ4v) is 0.882. The Balaban J connectivity index is 2.56. The minimum Gasteiger partial charge on any atom is -0.507 e. The maximum atomic E-state index is 10.8. The van der Waals surface area contributed by atoms with Gasteiger partial charge in [-0.05, 0) is 12.1 Å². The first-order chi connectivity index (χ1) is 7.24. The van der Waals surface area contributed by atoms with Gasteiger partial charge in [0.25, 0.3) is 5.91 Å². The third-order valence-electron chi connectivity index (χ3n) is 1.57. The van der Waals surface area contributed by atoms with Crippen molar-refractivity contribution in [3.8, 4) is 11.8 Å². The van der Waals surface area contributed by atoms with Gasteiger partial charge in [0.1, 0.15) is 12.2 Å². The summed E-state index contributed by atoms with van der Waals surface area (Å²) in [5, 5.41) is 21.1. The monoisotopic (exact) mass is 203 g/mol. The first-order valence-corrected chi connectivity index (χ1v) is 4.21. The maximum Gasteiger partial charge on any atom is 0.254 e. The zero-order chi connectivity index (χ0) is 11.1. The lowest BCUT2D eigenvalue weighted by Gasteiger charge is -1.96. The number of nitrogens with zero attached hydrogens (tertiary/aromatic N) is 2. The van der Waals surface area contributed by atoms with E-state index in [1.54, 1.807) is 24.3 Å². The molecule has 0 aliphatic carbocycles. The molecule has 0 heterocycles. The number of hydrogen-bond donors (Lipinski definition) is 2. The quantitative estimate of drug-likeness (QED) is 0.561. The van der Waals surface area contributed by atoms with E-state index in [2.05, 4.69) is 10.5 Å². The molecule has 0 saturated heterocycles. The predicted molar refractivity (Wildman–Crippen MR) is 54.1 cm³/mol. The van der Waals surface area contributed by atoms with E-state index < -0.39 is 5.91 Å². The maximum absolute atomic E-state index is 10.8. The highest BCUT2D eigenvalue weighted by atomic mass is 16.3. The molecule has 0 saturated carbocycles. The zero-order valence-corrected chi connectivity index (χ0v) is 7.84. The Morgan fingerprint density at radius 2 is 2.33 bits per heavy atom. The molecule has 0 aliphatic heterocycles. The van der Waals surface area contributed by atoms with Gasteiger partial charge in [-0.2, -0.15) is 10.4 Å². The molecule has 0 aromatic heterocycles. The number of amides is 1. The van der Waals surface area contributed by atoms with Gasteiger partial charge in [0.2, 0.25) is 0 Å². The topological polar surface area (TPSA) is 85.5 Å². The molecule has 0 aliphatic rings. The number of benzene rings is 1. The lowest BCUT2D eigenvalue weighted by molar-refractivity contribution is -0.120. The van der Waals surface area contributed by atoms with Crippen LogP contribution in [0.25, 0.3) is 0 Å². The van der Waals surface area contributed by atoms with E-state index in [0.717, 1.165) is 0 Å². The summed E-state index contributed by atoms with van der Waals surface area (Å²) in [6, 6.07) is 8.27. The van der Waals surface area contributed by atoms with E-state index in [1.807, 2.05) is 0 Å². The van der Waals surface area contributed by atoms with Crippen LogP contribution in [0.4, 0.5) is 0 Å². The Morgan fingerprint density at radius 3 is 3.00 bits per heavy atom. The number of para-hydroxylation sites is 1. The molecule has 0 unspecified atom stereocenters. The second kappa shape index (κ2) is 5.40. The normalized spacial score (nSPS) is 9.80. The molecule has 1 amide bonds. The minimum absolute atomic E-state index is 0.0794. The molecule has 0 radical (unpaired) electrons. The molecule has 5 nitrogen and oxygen atoms in total. The van der Waals surface area contributed by atoms with Crippen LogP contribution in [0.1, 0.15) is 12.0 Å². The van der Waals surface area contributed by atoms with E-state index in [-0.39, 0.29) is 12.2 Å². The molecule has 76 valence electrons. The highest BCUT2D eigenvalue weighted by Gasteiger charge is 1.97. The lowest BCUT2D eigenvalue weighted by atomic mass is 10.2. The fraction of sp³-hybridized carbons (Fsp3) is 0.100. The Morgan fingerprint density at radius 1 is 1.60 bits per heavy atom. The summed E-state index contributed by atoms with van der Waals surface area (Å²) >= 11 is 0. The molecule has 1 aromatic rings. The molecule has 0 spiro atoms. The van der Waals surface area contributed by atoms with Crippen LogP contribution >= 0.6 is 0 Å². The largest absolute Gasteiger partial charge is 0.507 e. The summed E-state index contributed by atoms with van der Waals surface area (Å²) in [4.78, 5) is 10.8. The number of phenols is 1. The van der Waals surface area contributed by atoms with E-state index in [0.29, 0.717) is 5.56 Å². The van der Waals surface area contributed by atoms with Crippen molar-refractivity contribution in [3.05, 3.63) is 29.8 Å². The van der Waals surface area contributed by atoms with Crippen molar-refractivity contribution < 1.29 is 9.90 Å². The first-order valence-electron chi connectivity index (χ1n) is 4.21. The number of hydrogen-bond acceptors (Lipinski definition) is 4. The summed E-state index contributed by atoms with van der Waals surface area (Å²) in [5.41, 5.74) is 2.65. The van der Waals surface area contributed by atoms with Gasteiger partial charge < -0.3 is 5.11 Å². The van der Waals surface area contributed by atoms with Crippen molar-refractivity contribution in [2.45, 2.75) is 6.42 Å². The lowest BCUT2D eigenvalue weighted by Crippen LogP contribution is -2.16. The van der Waals surface area contributed by atoms with Gasteiger partial charge in [0.05, 0.1) is 12.3 Å². The number of nitriles is 1. The highest BCUT2D eigenvalue weighted by molar-refractivity contribution is 5.85. The second-order valence-corrected chi connectivity index (χ2v) is 2.69. The van der Waals surface area contributed by atoms with Gasteiger partial charge in [0, 0.05) is 5.56 Å². The Hall–Kier alpha value is -2.35. The van der Waals surface area contributed by atoms with Crippen molar-refractivity contribution in [1.29, 1.82) is 5.26 Å². The van der Waals surface area contributed by atoms with Crippen LogP contribution in [-0.4, -0.2) is 17.2 Å². The van der Waals surface area contributed by atoms with Crippen molar-refractivity contribution in [3.63, 3.8) is 0 Å². The van der Waals surface area contributed by atoms with Crippen molar-refractivity contribution in [2.24, 2.45) is 5.10 Å². The van der Waals surface area contributed by atoms with Crippen molar-refractivity contribution >= 4 is 12.1 Å². The van der Waals surface area contributed by atoms with E-state index in [1.165, 1.54) is 12.3 Å². The Labute approximate surface area is 86.7 Å². The Bertz CT molecular complexity index is 421. The summed E-state index contributed by atoms with van der Waals surface area (Å²) in [6.07, 6.45) is 1.07. The number of nitrogens with one attached hydrogen (secondary N) is 1. The second-order valence-electron chi connectivity index (χ2n) is 2.69. The minimum atomic E-state index is -0.482. The predicted octanol–water partition coefficient (Wildman–Crippen LogP) is 0.756. The van der Waals surface area contributed by atoms with Crippen LogP contribution in [0, 0.1) is 11.3 Å². The third kappa shape index (κ3) is 3.48. The summed E-state index contributed by atoms with van der Waals surface area (Å²) in [5.74, 6) is -0.403. The van der Waals surface area contributed by atoms with Crippen LogP contribution in [0.3, 0.4) is 0 Å². The molecular weight excluding hydrogens is 194 g/mol. The van der Waals surface area contributed by atoms with Crippen molar-refractivity contribution in [2.75, 3.05) is 0 Å². The number of hydrazone groups is 1.